The average molecular weight is 434 g/mol. The standard InChI is InChI=1S/C24H31N7O/c1-27-7-9-29(10-8-27)22-16-23(26-18-25-22)30-11-13-31(14-12-30)24(32)15-19-17-28(2)21-6-4-3-5-20(19)21/h3-6,16-18H,7-15H2,1-2H3. The highest BCUT2D eigenvalue weighted by atomic mass is 16.2. The van der Waals surface area contributed by atoms with E-state index in [4.69, 9.17) is 0 Å². The predicted octanol–water partition coefficient (Wildman–Crippen LogP) is 1.61. The molecule has 0 aliphatic carbocycles. The molecule has 3 aromatic rings. The zero-order chi connectivity index (χ0) is 22.1. The number of aryl methyl sites for hydroxylation is 1. The van der Waals surface area contributed by atoms with Crippen LogP contribution in [0.3, 0.4) is 0 Å². The van der Waals surface area contributed by atoms with Gasteiger partial charge in [0.15, 0.2) is 0 Å². The summed E-state index contributed by atoms with van der Waals surface area (Å²) in [5.74, 6) is 2.15. The molecule has 0 N–H and O–H groups in total. The monoisotopic (exact) mass is 433 g/mol. The second-order valence-electron chi connectivity index (χ2n) is 8.85. The first kappa shape index (κ1) is 20.8. The maximum absolute atomic E-state index is 13.0. The van der Waals surface area contributed by atoms with Crippen molar-refractivity contribution in [2.45, 2.75) is 6.42 Å². The van der Waals surface area contributed by atoms with E-state index in [1.54, 1.807) is 6.33 Å². The highest BCUT2D eigenvalue weighted by Gasteiger charge is 2.24. The number of para-hydroxylation sites is 1. The van der Waals surface area contributed by atoms with Gasteiger partial charge in [0.2, 0.25) is 5.91 Å². The fraction of sp³-hybridized carbons (Fsp3) is 0.458. The molecule has 168 valence electrons. The normalized spacial score (nSPS) is 17.9. The summed E-state index contributed by atoms with van der Waals surface area (Å²) in [5, 5.41) is 1.17. The van der Waals surface area contributed by atoms with Crippen molar-refractivity contribution in [3.8, 4) is 0 Å². The van der Waals surface area contributed by atoms with Gasteiger partial charge in [0, 0.05) is 82.6 Å². The van der Waals surface area contributed by atoms with E-state index >= 15 is 0 Å². The molecular formula is C24H31N7O. The number of likely N-dealkylation sites (N-methyl/N-ethyl adjacent to an activating group) is 1. The number of aromatic nitrogens is 3. The molecule has 0 bridgehead atoms. The lowest BCUT2D eigenvalue weighted by Crippen LogP contribution is -2.49. The van der Waals surface area contributed by atoms with E-state index in [0.717, 1.165) is 69.6 Å². The van der Waals surface area contributed by atoms with Gasteiger partial charge < -0.3 is 24.2 Å². The summed E-state index contributed by atoms with van der Waals surface area (Å²) in [5.41, 5.74) is 2.27. The molecule has 0 unspecified atom stereocenters. The number of rotatable bonds is 4. The summed E-state index contributed by atoms with van der Waals surface area (Å²) >= 11 is 0. The molecule has 2 fully saturated rings. The van der Waals surface area contributed by atoms with Crippen molar-refractivity contribution in [2.24, 2.45) is 7.05 Å². The molecule has 2 aliphatic heterocycles. The van der Waals surface area contributed by atoms with Crippen LogP contribution in [0.2, 0.25) is 0 Å². The number of hydrogen-bond donors (Lipinski definition) is 0. The number of piperazine rings is 2. The summed E-state index contributed by atoms with van der Waals surface area (Å²) in [6.07, 6.45) is 4.20. The largest absolute Gasteiger partial charge is 0.354 e. The Morgan fingerprint density at radius 3 is 2.19 bits per heavy atom. The van der Waals surface area contributed by atoms with Gasteiger partial charge >= 0.3 is 0 Å². The Balaban J connectivity index is 1.20. The number of nitrogens with zero attached hydrogens (tertiary/aromatic N) is 7. The number of fused-ring (bicyclic) bond motifs is 1. The Labute approximate surface area is 189 Å². The van der Waals surface area contributed by atoms with Gasteiger partial charge in [0.05, 0.1) is 6.42 Å². The molecule has 32 heavy (non-hydrogen) atoms. The number of hydrogen-bond acceptors (Lipinski definition) is 6. The lowest BCUT2D eigenvalue weighted by molar-refractivity contribution is -0.130. The molecule has 2 aliphatic rings. The first-order valence-corrected chi connectivity index (χ1v) is 11.4. The number of carbonyl (C=O) groups excluding carboxylic acids is 1. The van der Waals surface area contributed by atoms with Crippen molar-refractivity contribution in [1.82, 2.24) is 24.3 Å². The Morgan fingerprint density at radius 1 is 0.875 bits per heavy atom. The third-order valence-electron chi connectivity index (χ3n) is 6.74. The lowest BCUT2D eigenvalue weighted by atomic mass is 10.1. The van der Waals surface area contributed by atoms with Crippen LogP contribution in [-0.2, 0) is 18.3 Å². The Morgan fingerprint density at radius 2 is 1.50 bits per heavy atom. The first-order chi connectivity index (χ1) is 15.6. The van der Waals surface area contributed by atoms with Crippen molar-refractivity contribution < 1.29 is 4.79 Å². The van der Waals surface area contributed by atoms with Crippen LogP contribution in [0.5, 0.6) is 0 Å². The van der Waals surface area contributed by atoms with Crippen LogP contribution in [0.4, 0.5) is 11.6 Å². The van der Waals surface area contributed by atoms with Gasteiger partial charge in [-0.05, 0) is 18.7 Å². The van der Waals surface area contributed by atoms with Gasteiger partial charge in [0.1, 0.15) is 18.0 Å². The average Bonchev–Trinajstić information content (AvgIpc) is 3.15. The molecule has 1 aromatic carbocycles. The van der Waals surface area contributed by atoms with Crippen molar-refractivity contribution in [3.63, 3.8) is 0 Å². The molecule has 0 spiro atoms. The molecule has 2 saturated heterocycles. The van der Waals surface area contributed by atoms with Gasteiger partial charge in [-0.1, -0.05) is 18.2 Å². The minimum Gasteiger partial charge on any atom is -0.354 e. The number of amides is 1. The van der Waals surface area contributed by atoms with E-state index in [0.29, 0.717) is 6.42 Å². The van der Waals surface area contributed by atoms with Crippen LogP contribution in [-0.4, -0.2) is 89.6 Å². The fourth-order valence-corrected chi connectivity index (χ4v) is 4.74. The zero-order valence-electron chi connectivity index (χ0n) is 18.9. The Bertz CT molecular complexity index is 1090. The molecule has 4 heterocycles. The van der Waals surface area contributed by atoms with Crippen molar-refractivity contribution in [1.29, 1.82) is 0 Å². The predicted molar refractivity (Wildman–Crippen MR) is 127 cm³/mol. The molecule has 8 heteroatoms. The maximum atomic E-state index is 13.0. The third kappa shape index (κ3) is 4.14. The van der Waals surface area contributed by atoms with Gasteiger partial charge in [0.25, 0.3) is 0 Å². The van der Waals surface area contributed by atoms with E-state index in [1.165, 1.54) is 10.9 Å². The van der Waals surface area contributed by atoms with Crippen LogP contribution >= 0.6 is 0 Å². The van der Waals surface area contributed by atoms with E-state index in [1.807, 2.05) is 24.1 Å². The zero-order valence-corrected chi connectivity index (χ0v) is 18.9. The topological polar surface area (TPSA) is 60.7 Å². The van der Waals surface area contributed by atoms with Crippen molar-refractivity contribution >= 4 is 28.4 Å². The molecule has 0 radical (unpaired) electrons. The summed E-state index contributed by atoms with van der Waals surface area (Å²) in [6.45, 7) is 7.11. The molecule has 1 amide bonds. The van der Waals surface area contributed by atoms with E-state index in [2.05, 4.69) is 60.7 Å². The first-order valence-electron chi connectivity index (χ1n) is 11.4. The molecular weight excluding hydrogens is 402 g/mol. The maximum Gasteiger partial charge on any atom is 0.227 e. The number of benzene rings is 1. The molecule has 5 rings (SSSR count). The summed E-state index contributed by atoms with van der Waals surface area (Å²) in [6, 6.07) is 10.4. The van der Waals surface area contributed by atoms with Gasteiger partial charge in [-0.3, -0.25) is 4.79 Å². The Hall–Kier alpha value is -3.13. The molecule has 8 nitrogen and oxygen atoms in total. The SMILES string of the molecule is CN1CCN(c2cc(N3CCN(C(=O)Cc4cn(C)c5ccccc45)CC3)ncn2)CC1. The van der Waals surface area contributed by atoms with Gasteiger partial charge in [-0.15, -0.1) is 0 Å². The van der Waals surface area contributed by atoms with Crippen molar-refractivity contribution in [3.05, 3.63) is 48.4 Å². The highest BCUT2D eigenvalue weighted by Crippen LogP contribution is 2.23. The minimum absolute atomic E-state index is 0.196. The molecule has 2 aromatic heterocycles. The van der Waals surface area contributed by atoms with Crippen LogP contribution in [0.25, 0.3) is 10.9 Å². The smallest absolute Gasteiger partial charge is 0.227 e. The van der Waals surface area contributed by atoms with Gasteiger partial charge in [-0.25, -0.2) is 9.97 Å². The van der Waals surface area contributed by atoms with Gasteiger partial charge in [-0.2, -0.15) is 0 Å². The number of anilines is 2. The lowest BCUT2D eigenvalue weighted by Gasteiger charge is -2.36. The van der Waals surface area contributed by atoms with E-state index < -0.39 is 0 Å². The van der Waals surface area contributed by atoms with Crippen LogP contribution in [0, 0.1) is 0 Å². The summed E-state index contributed by atoms with van der Waals surface area (Å²) < 4.78 is 2.10. The van der Waals surface area contributed by atoms with Crippen LogP contribution < -0.4 is 9.80 Å². The fourth-order valence-electron chi connectivity index (χ4n) is 4.74. The Kier molecular flexibility index (Phi) is 5.70. The molecule has 0 saturated carbocycles. The van der Waals surface area contributed by atoms with Crippen molar-refractivity contribution in [2.75, 3.05) is 69.2 Å². The number of carbonyl (C=O) groups is 1. The minimum atomic E-state index is 0.196. The van der Waals surface area contributed by atoms with Crippen LogP contribution in [0.15, 0.2) is 42.9 Å². The quantitative estimate of drug-likeness (QED) is 0.623. The van der Waals surface area contributed by atoms with E-state index in [9.17, 15) is 4.79 Å². The summed E-state index contributed by atoms with van der Waals surface area (Å²) in [4.78, 5) is 31.0. The molecule has 0 atom stereocenters. The van der Waals surface area contributed by atoms with E-state index in [-0.39, 0.29) is 5.91 Å². The second-order valence-corrected chi connectivity index (χ2v) is 8.85. The second kappa shape index (κ2) is 8.78. The summed E-state index contributed by atoms with van der Waals surface area (Å²) in [7, 11) is 4.19. The third-order valence-corrected chi connectivity index (χ3v) is 6.74. The van der Waals surface area contributed by atoms with Crippen LogP contribution in [0.1, 0.15) is 5.56 Å². The highest BCUT2D eigenvalue weighted by molar-refractivity contribution is 5.89.